The van der Waals surface area contributed by atoms with Crippen molar-refractivity contribution in [3.05, 3.63) is 29.0 Å². The zero-order valence-corrected chi connectivity index (χ0v) is 9.27. The Morgan fingerprint density at radius 3 is 2.11 bits per heavy atom. The van der Waals surface area contributed by atoms with E-state index in [1.807, 2.05) is 0 Å². The Kier molecular flexibility index (Phi) is 4.44. The lowest BCUT2D eigenvalue weighted by Crippen LogP contribution is -2.44. The van der Waals surface area contributed by atoms with E-state index in [1.165, 1.54) is 18.2 Å². The van der Waals surface area contributed by atoms with Crippen LogP contribution in [0, 0.1) is 0 Å². The molecule has 0 saturated carbocycles. The molecule has 1 aromatic heterocycles. The van der Waals surface area contributed by atoms with Gasteiger partial charge in [-0.2, -0.15) is 26.3 Å². The smallest absolute Gasteiger partial charge is 0.354 e. The van der Waals surface area contributed by atoms with Crippen LogP contribution in [0.3, 0.4) is 0 Å². The van der Waals surface area contributed by atoms with E-state index in [9.17, 15) is 26.3 Å². The number of ether oxygens (including phenoxy) is 1. The predicted molar refractivity (Wildman–Crippen MR) is 49.9 cm³/mol. The van der Waals surface area contributed by atoms with Crippen molar-refractivity contribution in [2.75, 3.05) is 0 Å². The summed E-state index contributed by atoms with van der Waals surface area (Å²) >= 11 is 5.43. The van der Waals surface area contributed by atoms with E-state index in [0.29, 0.717) is 0 Å². The van der Waals surface area contributed by atoms with Crippen molar-refractivity contribution in [3.8, 4) is 0 Å². The Hall–Kier alpha value is -1.02. The highest BCUT2D eigenvalue weighted by Crippen LogP contribution is 2.36. The van der Waals surface area contributed by atoms with Crippen molar-refractivity contribution >= 4 is 11.6 Å². The van der Waals surface area contributed by atoms with Gasteiger partial charge < -0.3 is 4.74 Å². The fraction of sp³-hybridized carbons (Fsp3) is 0.444. The van der Waals surface area contributed by atoms with Gasteiger partial charge in [-0.15, -0.1) is 0 Å². The second-order valence-corrected chi connectivity index (χ2v) is 3.61. The molecule has 1 rings (SSSR count). The average Bonchev–Trinajstić information content (AvgIpc) is 2.13. The second-order valence-electron chi connectivity index (χ2n) is 3.23. The molecule has 18 heavy (non-hydrogen) atoms. The Labute approximate surface area is 103 Å². The molecular formula is C9H6ClF6NO. The molecule has 1 heterocycles. The van der Waals surface area contributed by atoms with Crippen LogP contribution < -0.4 is 0 Å². The molecule has 0 aliphatic heterocycles. The summed E-state index contributed by atoms with van der Waals surface area (Å²) < 4.78 is 76.5. The van der Waals surface area contributed by atoms with E-state index in [0.717, 1.165) is 0 Å². The number of pyridine rings is 1. The summed E-state index contributed by atoms with van der Waals surface area (Å²) in [6.07, 6.45) is -14.9. The molecule has 0 saturated heterocycles. The van der Waals surface area contributed by atoms with Crippen molar-refractivity contribution in [1.29, 1.82) is 0 Å². The molecule has 0 unspecified atom stereocenters. The van der Waals surface area contributed by atoms with Crippen LogP contribution >= 0.6 is 11.6 Å². The third kappa shape index (κ3) is 4.34. The van der Waals surface area contributed by atoms with Gasteiger partial charge in [0.1, 0.15) is 5.15 Å². The molecule has 102 valence electrons. The average molecular weight is 294 g/mol. The van der Waals surface area contributed by atoms with Crippen molar-refractivity contribution in [2.24, 2.45) is 0 Å². The molecule has 0 aliphatic rings. The van der Waals surface area contributed by atoms with Gasteiger partial charge in [-0.3, -0.25) is 0 Å². The van der Waals surface area contributed by atoms with Gasteiger partial charge in [0, 0.05) is 0 Å². The molecule has 0 spiro atoms. The van der Waals surface area contributed by atoms with Gasteiger partial charge in [-0.05, 0) is 12.1 Å². The Balaban J connectivity index is 2.75. The molecular weight excluding hydrogens is 288 g/mol. The van der Waals surface area contributed by atoms with Crippen LogP contribution in [0.2, 0.25) is 5.15 Å². The number of alkyl halides is 6. The minimum atomic E-state index is -5.53. The van der Waals surface area contributed by atoms with E-state index < -0.39 is 25.1 Å². The first kappa shape index (κ1) is 15.0. The molecule has 1 aromatic rings. The van der Waals surface area contributed by atoms with Crippen LogP contribution in [0.25, 0.3) is 0 Å². The summed E-state index contributed by atoms with van der Waals surface area (Å²) in [5.74, 6) is 0. The summed E-state index contributed by atoms with van der Waals surface area (Å²) in [4.78, 5) is 3.51. The molecule has 0 N–H and O–H groups in total. The van der Waals surface area contributed by atoms with E-state index in [4.69, 9.17) is 11.6 Å². The summed E-state index contributed by atoms with van der Waals surface area (Å²) in [6, 6.07) is 3.87. The molecule has 0 aromatic carbocycles. The van der Waals surface area contributed by atoms with Gasteiger partial charge in [-0.1, -0.05) is 17.7 Å². The van der Waals surface area contributed by atoms with Crippen LogP contribution in [0.4, 0.5) is 26.3 Å². The Morgan fingerprint density at radius 1 is 1.11 bits per heavy atom. The highest BCUT2D eigenvalue weighted by Gasteiger charge is 2.57. The Morgan fingerprint density at radius 2 is 1.67 bits per heavy atom. The number of rotatable bonds is 3. The number of hydrogen-bond acceptors (Lipinski definition) is 2. The van der Waals surface area contributed by atoms with Crippen molar-refractivity contribution in [3.63, 3.8) is 0 Å². The van der Waals surface area contributed by atoms with Crippen molar-refractivity contribution < 1.29 is 31.1 Å². The molecule has 0 atom stereocenters. The Bertz CT molecular complexity index is 391. The lowest BCUT2D eigenvalue weighted by Gasteiger charge is -2.22. The van der Waals surface area contributed by atoms with E-state index in [1.54, 1.807) is 0 Å². The molecule has 0 aliphatic carbocycles. The number of halogens is 7. The van der Waals surface area contributed by atoms with Crippen molar-refractivity contribution in [2.45, 2.75) is 25.1 Å². The third-order valence-corrected chi connectivity index (χ3v) is 1.98. The fourth-order valence-corrected chi connectivity index (χ4v) is 1.26. The third-order valence-electron chi connectivity index (χ3n) is 1.77. The highest BCUT2D eigenvalue weighted by atomic mass is 35.5. The van der Waals surface area contributed by atoms with E-state index in [-0.39, 0.29) is 10.8 Å². The standard InChI is InChI=1S/C9H6ClF6NO/c10-6-3-1-2-5(17-6)4-18-7(8(11,12)13)9(14,15)16/h1-3,7H,4H2. The zero-order chi connectivity index (χ0) is 14.0. The molecule has 9 heteroatoms. The van der Waals surface area contributed by atoms with Gasteiger partial charge in [0.25, 0.3) is 0 Å². The molecule has 0 bridgehead atoms. The maximum Gasteiger partial charge on any atom is 0.423 e. The highest BCUT2D eigenvalue weighted by molar-refractivity contribution is 6.29. The van der Waals surface area contributed by atoms with Gasteiger partial charge in [0.2, 0.25) is 6.10 Å². The van der Waals surface area contributed by atoms with Gasteiger partial charge in [0.05, 0.1) is 12.3 Å². The summed E-state index contributed by atoms with van der Waals surface area (Å²) in [6.45, 7) is -0.940. The normalized spacial score (nSPS) is 13.1. The topological polar surface area (TPSA) is 22.1 Å². The molecule has 0 amide bonds. The number of hydrogen-bond donors (Lipinski definition) is 0. The van der Waals surface area contributed by atoms with Crippen LogP contribution in [0.5, 0.6) is 0 Å². The minimum Gasteiger partial charge on any atom is -0.354 e. The van der Waals surface area contributed by atoms with Gasteiger partial charge in [0.15, 0.2) is 0 Å². The van der Waals surface area contributed by atoms with Crippen LogP contribution in [-0.2, 0) is 11.3 Å². The second kappa shape index (κ2) is 5.31. The van der Waals surface area contributed by atoms with Crippen LogP contribution in [0.1, 0.15) is 5.69 Å². The zero-order valence-electron chi connectivity index (χ0n) is 8.52. The minimum absolute atomic E-state index is 0.0494. The van der Waals surface area contributed by atoms with Crippen LogP contribution in [0.15, 0.2) is 18.2 Å². The van der Waals surface area contributed by atoms with Crippen LogP contribution in [-0.4, -0.2) is 23.4 Å². The number of aromatic nitrogens is 1. The first-order valence-corrected chi connectivity index (χ1v) is 4.85. The summed E-state index contributed by atoms with van der Waals surface area (Å²) in [5, 5.41) is -0.0494. The summed E-state index contributed by atoms with van der Waals surface area (Å²) in [7, 11) is 0. The monoisotopic (exact) mass is 293 g/mol. The largest absolute Gasteiger partial charge is 0.423 e. The maximum absolute atomic E-state index is 12.1. The summed E-state index contributed by atoms with van der Waals surface area (Å²) in [5.41, 5.74) is -0.124. The SMILES string of the molecule is FC(F)(F)C(OCc1cccc(Cl)n1)C(F)(F)F. The lowest BCUT2D eigenvalue weighted by molar-refractivity contribution is -0.324. The van der Waals surface area contributed by atoms with Gasteiger partial charge in [-0.25, -0.2) is 4.98 Å². The first-order chi connectivity index (χ1) is 8.10. The maximum atomic E-state index is 12.1. The van der Waals surface area contributed by atoms with Gasteiger partial charge >= 0.3 is 12.4 Å². The lowest BCUT2D eigenvalue weighted by atomic mass is 10.3. The molecule has 0 radical (unpaired) electrons. The fourth-order valence-electron chi connectivity index (χ4n) is 1.07. The van der Waals surface area contributed by atoms with Crippen molar-refractivity contribution in [1.82, 2.24) is 4.98 Å². The first-order valence-electron chi connectivity index (χ1n) is 4.47. The van der Waals surface area contributed by atoms with E-state index in [2.05, 4.69) is 9.72 Å². The molecule has 2 nitrogen and oxygen atoms in total. The predicted octanol–water partition coefficient (Wildman–Crippen LogP) is 3.74. The van der Waals surface area contributed by atoms with E-state index >= 15 is 0 Å². The molecule has 0 fully saturated rings. The quantitative estimate of drug-likeness (QED) is 0.625. The number of nitrogens with zero attached hydrogens (tertiary/aromatic N) is 1.